The molecule has 0 aromatic heterocycles. The summed E-state index contributed by atoms with van der Waals surface area (Å²) in [4.78, 5) is 63.0. The van der Waals surface area contributed by atoms with Crippen molar-refractivity contribution in [1.29, 1.82) is 0 Å². The number of ether oxygens (including phenoxy) is 6. The van der Waals surface area contributed by atoms with Crippen LogP contribution in [0, 0.1) is 11.3 Å². The highest BCUT2D eigenvalue weighted by Gasteiger charge is 2.88. The summed E-state index contributed by atoms with van der Waals surface area (Å²) in [6.07, 6.45) is -4.44. The molecule has 11 atom stereocenters. The van der Waals surface area contributed by atoms with Crippen molar-refractivity contribution >= 4 is 29.8 Å². The lowest BCUT2D eigenvalue weighted by Gasteiger charge is -2.55. The van der Waals surface area contributed by atoms with Gasteiger partial charge in [-0.05, 0) is 32.4 Å². The molecule has 2 heterocycles. The minimum Gasteiger partial charge on any atom is -0.459 e. The largest absolute Gasteiger partial charge is 0.459 e. The molecule has 0 saturated carbocycles. The molecule has 13 heteroatoms. The predicted octanol–water partition coefficient (Wildman–Crippen LogP) is 0.430. The van der Waals surface area contributed by atoms with Gasteiger partial charge in [0.05, 0.1) is 5.60 Å². The number of fused-ring (bicyclic) bond motifs is 1. The average molecular weight is 581 g/mol. The standard InChI is InChI=1S/C28H36O13/c1-12-11-18-28(27(8,41-28)24(34)40-18)23(39-16(5)32)21-25(6,10-9-17(33)26(21,7)35)22(38-15(4)31)20(37-14(3)30)19(12)36-13(2)29/h9-11,17-23,33,35H,1-8H3/b12-11-/t17-,18+,19+,20-,21-,22+,23+,25+,26-,27+,28+/m1/s1. The zero-order chi connectivity index (χ0) is 30.9. The molecule has 2 fully saturated rings. The Morgan fingerprint density at radius 2 is 1.41 bits per heavy atom. The molecule has 41 heavy (non-hydrogen) atoms. The van der Waals surface area contributed by atoms with Gasteiger partial charge in [-0.15, -0.1) is 0 Å². The van der Waals surface area contributed by atoms with Crippen molar-refractivity contribution in [3.63, 3.8) is 0 Å². The fourth-order valence-electron chi connectivity index (χ4n) is 6.84. The molecule has 1 spiro atoms. The second kappa shape index (κ2) is 9.92. The van der Waals surface area contributed by atoms with E-state index in [2.05, 4.69) is 0 Å². The topological polar surface area (TPSA) is 184 Å². The maximum absolute atomic E-state index is 13.1. The summed E-state index contributed by atoms with van der Waals surface area (Å²) >= 11 is 0. The van der Waals surface area contributed by atoms with E-state index in [-0.39, 0.29) is 5.57 Å². The van der Waals surface area contributed by atoms with Gasteiger partial charge in [-0.2, -0.15) is 0 Å². The summed E-state index contributed by atoms with van der Waals surface area (Å²) in [6, 6.07) is 0. The molecule has 226 valence electrons. The number of carbonyl (C=O) groups excluding carboxylic acids is 5. The summed E-state index contributed by atoms with van der Waals surface area (Å²) in [5, 5.41) is 22.9. The molecule has 0 unspecified atom stereocenters. The lowest BCUT2D eigenvalue weighted by Crippen LogP contribution is -2.69. The molecule has 4 aliphatic rings. The second-order valence-electron chi connectivity index (χ2n) is 11.7. The van der Waals surface area contributed by atoms with E-state index < -0.39 is 94.6 Å². The molecule has 0 aromatic carbocycles. The molecule has 13 nitrogen and oxygen atoms in total. The number of aliphatic hydroxyl groups excluding tert-OH is 1. The van der Waals surface area contributed by atoms with Crippen molar-refractivity contribution in [3.8, 4) is 0 Å². The molecule has 2 saturated heterocycles. The summed E-state index contributed by atoms with van der Waals surface area (Å²) < 4.78 is 34.7. The fourth-order valence-corrected chi connectivity index (χ4v) is 6.84. The van der Waals surface area contributed by atoms with Crippen LogP contribution in [0.2, 0.25) is 0 Å². The Labute approximate surface area is 236 Å². The van der Waals surface area contributed by atoms with E-state index in [0.717, 1.165) is 27.7 Å². The van der Waals surface area contributed by atoms with Crippen molar-refractivity contribution in [1.82, 2.24) is 0 Å². The number of aliphatic hydroxyl groups is 2. The Kier molecular flexibility index (Phi) is 7.42. The van der Waals surface area contributed by atoms with Gasteiger partial charge < -0.3 is 38.6 Å². The molecule has 2 N–H and O–H groups in total. The highest BCUT2D eigenvalue weighted by atomic mass is 16.7. The van der Waals surface area contributed by atoms with Crippen LogP contribution in [0.15, 0.2) is 23.8 Å². The molecule has 0 aromatic rings. The third kappa shape index (κ3) is 4.63. The summed E-state index contributed by atoms with van der Waals surface area (Å²) in [5.74, 6) is -5.32. The maximum atomic E-state index is 13.1. The van der Waals surface area contributed by atoms with Gasteiger partial charge in [-0.3, -0.25) is 19.2 Å². The Morgan fingerprint density at radius 3 is 1.93 bits per heavy atom. The zero-order valence-electron chi connectivity index (χ0n) is 24.2. The van der Waals surface area contributed by atoms with Crippen LogP contribution in [0.3, 0.4) is 0 Å². The number of carbonyl (C=O) groups is 5. The van der Waals surface area contributed by atoms with E-state index >= 15 is 0 Å². The third-order valence-corrected chi connectivity index (χ3v) is 8.64. The Hall–Kier alpha value is -3.29. The number of esters is 5. The van der Waals surface area contributed by atoms with Crippen molar-refractivity contribution in [2.24, 2.45) is 11.3 Å². The van der Waals surface area contributed by atoms with Crippen molar-refractivity contribution < 1.29 is 62.6 Å². The van der Waals surface area contributed by atoms with Crippen molar-refractivity contribution in [2.75, 3.05) is 0 Å². The van der Waals surface area contributed by atoms with Gasteiger partial charge in [-0.1, -0.05) is 19.1 Å². The summed E-state index contributed by atoms with van der Waals surface area (Å²) in [7, 11) is 0. The molecular formula is C28H36O13. The van der Waals surface area contributed by atoms with E-state index in [9.17, 15) is 34.2 Å². The van der Waals surface area contributed by atoms with Gasteiger partial charge in [-0.25, -0.2) is 4.79 Å². The lowest BCUT2D eigenvalue weighted by atomic mass is 9.55. The molecule has 4 rings (SSSR count). The molecule has 0 bridgehead atoms. The minimum absolute atomic E-state index is 0.246. The van der Waals surface area contributed by atoms with Crippen LogP contribution in [0.5, 0.6) is 0 Å². The summed E-state index contributed by atoms with van der Waals surface area (Å²) in [6.45, 7) is 10.3. The van der Waals surface area contributed by atoms with E-state index in [1.807, 2.05) is 0 Å². The third-order valence-electron chi connectivity index (χ3n) is 8.64. The van der Waals surface area contributed by atoms with Crippen molar-refractivity contribution in [3.05, 3.63) is 23.8 Å². The highest BCUT2D eigenvalue weighted by molar-refractivity contribution is 5.89. The first kappa shape index (κ1) is 30.7. The lowest BCUT2D eigenvalue weighted by molar-refractivity contribution is -0.230. The first-order chi connectivity index (χ1) is 18.8. The van der Waals surface area contributed by atoms with E-state index in [1.54, 1.807) is 6.92 Å². The number of hydrogen-bond acceptors (Lipinski definition) is 13. The van der Waals surface area contributed by atoms with Gasteiger partial charge in [0.25, 0.3) is 0 Å². The SMILES string of the molecule is CC(=O)O[C@@H]1[C@@H](OC(C)=O)/C(C)=C\[C@@H]2OC(=O)[C@]3(C)O[C@]23[C@@H](OC(C)=O)[C@H]2[C@](C)(O)[C@H](O)C=C[C@]2(C)[C@H]1OC(C)=O. The number of rotatable bonds is 4. The molecule has 0 radical (unpaired) electrons. The molecule has 2 aliphatic heterocycles. The van der Waals surface area contributed by atoms with Gasteiger partial charge in [0.2, 0.25) is 0 Å². The zero-order valence-corrected chi connectivity index (χ0v) is 24.2. The molecule has 2 aliphatic carbocycles. The number of epoxide rings is 1. The van der Waals surface area contributed by atoms with Crippen LogP contribution in [0.25, 0.3) is 0 Å². The van der Waals surface area contributed by atoms with Gasteiger partial charge in [0, 0.05) is 39.0 Å². The molecule has 0 amide bonds. The summed E-state index contributed by atoms with van der Waals surface area (Å²) in [5.41, 5.74) is -6.82. The molecular weight excluding hydrogens is 544 g/mol. The Bertz CT molecular complexity index is 1240. The smallest absolute Gasteiger partial charge is 0.342 e. The first-order valence-corrected chi connectivity index (χ1v) is 13.2. The Morgan fingerprint density at radius 1 is 0.878 bits per heavy atom. The van der Waals surface area contributed by atoms with Crippen LogP contribution < -0.4 is 0 Å². The Balaban J connectivity index is 2.12. The van der Waals surface area contributed by atoms with Crippen LogP contribution in [0.1, 0.15) is 55.4 Å². The average Bonchev–Trinajstić information content (AvgIpc) is 3.42. The maximum Gasteiger partial charge on any atom is 0.342 e. The highest BCUT2D eigenvalue weighted by Crippen LogP contribution is 2.65. The monoisotopic (exact) mass is 580 g/mol. The van der Waals surface area contributed by atoms with Gasteiger partial charge in [0.15, 0.2) is 35.6 Å². The second-order valence-corrected chi connectivity index (χ2v) is 11.7. The quantitative estimate of drug-likeness (QED) is 0.202. The van der Waals surface area contributed by atoms with Crippen molar-refractivity contribution in [2.45, 2.75) is 109 Å². The normalized spacial score (nSPS) is 45.9. The van der Waals surface area contributed by atoms with E-state index in [1.165, 1.54) is 39.0 Å². The van der Waals surface area contributed by atoms with Gasteiger partial charge >= 0.3 is 29.8 Å². The van der Waals surface area contributed by atoms with Crippen LogP contribution in [-0.4, -0.2) is 93.5 Å². The van der Waals surface area contributed by atoms with Crippen LogP contribution in [0.4, 0.5) is 0 Å². The minimum atomic E-state index is -2.12. The van der Waals surface area contributed by atoms with Crippen LogP contribution >= 0.6 is 0 Å². The van der Waals surface area contributed by atoms with E-state index in [0.29, 0.717) is 0 Å². The number of hydrogen-bond donors (Lipinski definition) is 2. The fraction of sp³-hybridized carbons (Fsp3) is 0.679. The predicted molar refractivity (Wildman–Crippen MR) is 135 cm³/mol. The van der Waals surface area contributed by atoms with Gasteiger partial charge in [0.1, 0.15) is 12.2 Å². The van der Waals surface area contributed by atoms with Crippen LogP contribution in [-0.2, 0) is 52.4 Å². The first-order valence-electron chi connectivity index (χ1n) is 13.2. The van der Waals surface area contributed by atoms with E-state index in [4.69, 9.17) is 28.4 Å².